The van der Waals surface area contributed by atoms with E-state index in [2.05, 4.69) is 10.6 Å². The lowest BCUT2D eigenvalue weighted by atomic mass is 10.1. The molecule has 0 aliphatic heterocycles. The highest BCUT2D eigenvalue weighted by Gasteiger charge is 2.21. The molecule has 0 aliphatic rings. The van der Waals surface area contributed by atoms with Gasteiger partial charge in [0.05, 0.1) is 11.3 Å². The van der Waals surface area contributed by atoms with Gasteiger partial charge in [-0.05, 0) is 56.7 Å². The smallest absolute Gasteiger partial charge is 0.265 e. The van der Waals surface area contributed by atoms with Gasteiger partial charge in [-0.1, -0.05) is 19.1 Å². The molecular weight excluding hydrogens is 335 g/mol. The number of ether oxygens (including phenoxy) is 1. The number of hydrogen-bond donors (Lipinski definition) is 2. The predicted octanol–water partition coefficient (Wildman–Crippen LogP) is 3.76. The maximum atomic E-state index is 13.0. The summed E-state index contributed by atoms with van der Waals surface area (Å²) >= 11 is 0. The van der Waals surface area contributed by atoms with Crippen molar-refractivity contribution in [2.24, 2.45) is 0 Å². The first-order valence-electron chi connectivity index (χ1n) is 8.53. The Hall–Kier alpha value is -2.89. The number of carbonyl (C=O) groups excluding carboxylic acids is 2. The van der Waals surface area contributed by atoms with Crippen molar-refractivity contribution in [3.05, 3.63) is 59.9 Å². The molecule has 5 nitrogen and oxygen atoms in total. The van der Waals surface area contributed by atoms with Crippen molar-refractivity contribution in [3.63, 3.8) is 0 Å². The Kier molecular flexibility index (Phi) is 6.72. The van der Waals surface area contributed by atoms with Crippen molar-refractivity contribution in [2.45, 2.75) is 39.3 Å². The Balaban J connectivity index is 2.12. The van der Waals surface area contributed by atoms with Gasteiger partial charge in [-0.2, -0.15) is 0 Å². The van der Waals surface area contributed by atoms with Crippen LogP contribution in [0.3, 0.4) is 0 Å². The molecule has 0 aliphatic carbocycles. The number of amides is 2. The number of rotatable bonds is 7. The fourth-order valence-electron chi connectivity index (χ4n) is 2.34. The average Bonchev–Trinajstić information content (AvgIpc) is 2.61. The van der Waals surface area contributed by atoms with E-state index in [-0.39, 0.29) is 23.7 Å². The minimum atomic E-state index is -0.762. The van der Waals surface area contributed by atoms with Gasteiger partial charge in [-0.15, -0.1) is 0 Å². The molecule has 0 unspecified atom stereocenters. The molecule has 0 saturated carbocycles. The molecule has 2 aromatic carbocycles. The van der Waals surface area contributed by atoms with Crippen LogP contribution in [0.25, 0.3) is 0 Å². The Morgan fingerprint density at radius 2 is 1.73 bits per heavy atom. The Morgan fingerprint density at radius 3 is 2.35 bits per heavy atom. The first-order chi connectivity index (χ1) is 12.4. The van der Waals surface area contributed by atoms with Gasteiger partial charge in [0, 0.05) is 6.04 Å². The number of carbonyl (C=O) groups is 2. The average molecular weight is 358 g/mol. The maximum absolute atomic E-state index is 13.0. The van der Waals surface area contributed by atoms with Crippen LogP contribution in [-0.4, -0.2) is 24.0 Å². The summed E-state index contributed by atoms with van der Waals surface area (Å²) in [6, 6.07) is 12.2. The zero-order valence-corrected chi connectivity index (χ0v) is 15.1. The molecule has 0 bridgehead atoms. The highest BCUT2D eigenvalue weighted by Crippen LogP contribution is 2.18. The fourth-order valence-corrected chi connectivity index (χ4v) is 2.34. The van der Waals surface area contributed by atoms with Crippen molar-refractivity contribution in [3.8, 4) is 5.75 Å². The molecule has 2 amide bonds. The number of halogens is 1. The number of benzene rings is 2. The van der Waals surface area contributed by atoms with E-state index in [1.807, 2.05) is 20.8 Å². The van der Waals surface area contributed by atoms with Crippen LogP contribution in [-0.2, 0) is 4.79 Å². The van der Waals surface area contributed by atoms with Gasteiger partial charge in [0.25, 0.3) is 11.8 Å². The summed E-state index contributed by atoms with van der Waals surface area (Å²) in [5.74, 6) is -0.607. The van der Waals surface area contributed by atoms with Gasteiger partial charge in [0.1, 0.15) is 11.6 Å². The largest absolute Gasteiger partial charge is 0.481 e. The van der Waals surface area contributed by atoms with E-state index in [9.17, 15) is 14.0 Å². The highest BCUT2D eigenvalue weighted by atomic mass is 19.1. The molecule has 2 N–H and O–H groups in total. The molecule has 138 valence electrons. The van der Waals surface area contributed by atoms with Gasteiger partial charge in [-0.25, -0.2) is 4.39 Å². The minimum absolute atomic E-state index is 0.0172. The normalized spacial score (nSPS) is 11.7. The van der Waals surface area contributed by atoms with Gasteiger partial charge in [0.15, 0.2) is 6.10 Å². The molecule has 0 radical (unpaired) electrons. The van der Waals surface area contributed by atoms with E-state index in [4.69, 9.17) is 4.74 Å². The molecule has 0 aromatic heterocycles. The minimum Gasteiger partial charge on any atom is -0.481 e. The van der Waals surface area contributed by atoms with Crippen LogP contribution in [0.15, 0.2) is 48.5 Å². The van der Waals surface area contributed by atoms with E-state index >= 15 is 0 Å². The summed E-state index contributed by atoms with van der Waals surface area (Å²) in [6.45, 7) is 5.54. The summed E-state index contributed by atoms with van der Waals surface area (Å²) in [4.78, 5) is 24.9. The molecule has 26 heavy (non-hydrogen) atoms. The third kappa shape index (κ3) is 5.31. The lowest BCUT2D eigenvalue weighted by Crippen LogP contribution is -2.34. The Morgan fingerprint density at radius 1 is 1.08 bits per heavy atom. The van der Waals surface area contributed by atoms with E-state index in [1.54, 1.807) is 24.3 Å². The number of anilines is 1. The Labute approximate surface area is 152 Å². The summed E-state index contributed by atoms with van der Waals surface area (Å²) < 4.78 is 18.6. The van der Waals surface area contributed by atoms with Crippen molar-refractivity contribution in [1.29, 1.82) is 0 Å². The summed E-state index contributed by atoms with van der Waals surface area (Å²) in [5, 5.41) is 5.55. The lowest BCUT2D eigenvalue weighted by molar-refractivity contribution is -0.122. The van der Waals surface area contributed by atoms with E-state index in [1.165, 1.54) is 24.3 Å². The summed E-state index contributed by atoms with van der Waals surface area (Å²) in [6.07, 6.45) is -0.342. The fraction of sp³-hybridized carbons (Fsp3) is 0.300. The molecule has 0 saturated heterocycles. The predicted molar refractivity (Wildman–Crippen MR) is 98.8 cm³/mol. The molecule has 0 heterocycles. The number of nitrogens with one attached hydrogen (secondary N) is 2. The van der Waals surface area contributed by atoms with Crippen LogP contribution >= 0.6 is 0 Å². The molecular formula is C20H23FN2O3. The van der Waals surface area contributed by atoms with Gasteiger partial charge in [-0.3, -0.25) is 9.59 Å². The summed E-state index contributed by atoms with van der Waals surface area (Å²) in [5.41, 5.74) is 0.794. The van der Waals surface area contributed by atoms with Crippen LogP contribution in [0.5, 0.6) is 5.75 Å². The molecule has 6 heteroatoms. The number of para-hydroxylation sites is 1. The second kappa shape index (κ2) is 8.99. The van der Waals surface area contributed by atoms with Crippen molar-refractivity contribution in [2.75, 3.05) is 5.32 Å². The third-order valence-corrected chi connectivity index (χ3v) is 3.60. The topological polar surface area (TPSA) is 67.4 Å². The van der Waals surface area contributed by atoms with Crippen LogP contribution in [0.4, 0.5) is 10.1 Å². The first-order valence-corrected chi connectivity index (χ1v) is 8.53. The molecule has 0 spiro atoms. The van der Waals surface area contributed by atoms with Crippen LogP contribution in [0.2, 0.25) is 0 Å². The van der Waals surface area contributed by atoms with Gasteiger partial charge < -0.3 is 15.4 Å². The van der Waals surface area contributed by atoms with Crippen molar-refractivity contribution >= 4 is 17.5 Å². The standard InChI is InChI=1S/C20H23FN2O3/c1-4-18(26-15-11-9-14(21)10-12-15)20(25)23-17-8-6-5-7-16(17)19(24)22-13(2)3/h5-13,18H,4H2,1-3H3,(H,22,24)(H,23,25)/t18-/m1/s1. The van der Waals surface area contributed by atoms with Crippen LogP contribution < -0.4 is 15.4 Å². The van der Waals surface area contributed by atoms with Crippen molar-refractivity contribution in [1.82, 2.24) is 5.32 Å². The highest BCUT2D eigenvalue weighted by molar-refractivity contribution is 6.04. The third-order valence-electron chi connectivity index (χ3n) is 3.60. The first kappa shape index (κ1) is 19.4. The van der Waals surface area contributed by atoms with Gasteiger partial charge >= 0.3 is 0 Å². The maximum Gasteiger partial charge on any atom is 0.265 e. The van der Waals surface area contributed by atoms with E-state index in [0.29, 0.717) is 23.4 Å². The molecule has 0 fully saturated rings. The summed E-state index contributed by atoms with van der Waals surface area (Å²) in [7, 11) is 0. The molecule has 2 aromatic rings. The number of hydrogen-bond acceptors (Lipinski definition) is 3. The monoisotopic (exact) mass is 358 g/mol. The second-order valence-corrected chi connectivity index (χ2v) is 6.13. The quantitative estimate of drug-likeness (QED) is 0.792. The van der Waals surface area contributed by atoms with Crippen LogP contribution in [0, 0.1) is 5.82 Å². The van der Waals surface area contributed by atoms with E-state index in [0.717, 1.165) is 0 Å². The van der Waals surface area contributed by atoms with E-state index < -0.39 is 6.10 Å². The zero-order chi connectivity index (χ0) is 19.1. The second-order valence-electron chi connectivity index (χ2n) is 6.13. The van der Waals surface area contributed by atoms with Crippen molar-refractivity contribution < 1.29 is 18.7 Å². The lowest BCUT2D eigenvalue weighted by Gasteiger charge is -2.19. The SMILES string of the molecule is CC[C@@H](Oc1ccc(F)cc1)C(=O)Nc1ccccc1C(=O)NC(C)C. The van der Waals surface area contributed by atoms with Crippen LogP contribution in [0.1, 0.15) is 37.6 Å². The Bertz CT molecular complexity index is 760. The molecule has 2 rings (SSSR count). The van der Waals surface area contributed by atoms with Gasteiger partial charge in [0.2, 0.25) is 0 Å². The zero-order valence-electron chi connectivity index (χ0n) is 15.1. The molecule has 1 atom stereocenters.